The van der Waals surface area contributed by atoms with Gasteiger partial charge in [0.05, 0.1) is 6.61 Å². The van der Waals surface area contributed by atoms with Gasteiger partial charge >= 0.3 is 0 Å². The van der Waals surface area contributed by atoms with Crippen molar-refractivity contribution in [3.8, 4) is 0 Å². The van der Waals surface area contributed by atoms with E-state index in [1.807, 2.05) is 0 Å². The summed E-state index contributed by atoms with van der Waals surface area (Å²) < 4.78 is 18.9. The molecular formula is C29H44O3Si. The molecule has 0 aromatic heterocycles. The molecule has 0 saturated carbocycles. The molecule has 0 amide bonds. The molecule has 0 N–H and O–H groups in total. The third kappa shape index (κ3) is 7.02. The first-order valence-electron chi connectivity index (χ1n) is 12.8. The Morgan fingerprint density at radius 3 is 2.03 bits per heavy atom. The molecular weight excluding hydrogens is 424 g/mol. The Hall–Kier alpha value is -1.46. The minimum absolute atomic E-state index is 0.0126. The topological polar surface area (TPSA) is 27.7 Å². The van der Waals surface area contributed by atoms with Gasteiger partial charge in [-0.3, -0.25) is 0 Å². The zero-order valence-corrected chi connectivity index (χ0v) is 22.4. The van der Waals surface area contributed by atoms with Crippen LogP contribution in [0.1, 0.15) is 73.1 Å². The normalized spacial score (nSPS) is 19.2. The second-order valence-corrected chi connectivity index (χ2v) is 15.0. The van der Waals surface area contributed by atoms with Gasteiger partial charge in [-0.25, -0.2) is 0 Å². The highest BCUT2D eigenvalue weighted by molar-refractivity contribution is 6.99. The van der Waals surface area contributed by atoms with Crippen LogP contribution in [0.4, 0.5) is 0 Å². The van der Waals surface area contributed by atoms with Crippen LogP contribution in [0.15, 0.2) is 60.7 Å². The van der Waals surface area contributed by atoms with Gasteiger partial charge < -0.3 is 13.9 Å². The van der Waals surface area contributed by atoms with Crippen LogP contribution < -0.4 is 10.4 Å². The van der Waals surface area contributed by atoms with Crippen LogP contribution in [0.5, 0.6) is 0 Å². The summed E-state index contributed by atoms with van der Waals surface area (Å²) in [5.74, 6) is 0.538. The maximum absolute atomic E-state index is 7.20. The van der Waals surface area contributed by atoms with Gasteiger partial charge in [0.2, 0.25) is 0 Å². The number of benzene rings is 2. The standard InChI is InChI=1S/C29H44O3Si/c1-24(23-31-28-21-12-13-22-30-28)15-14-16-25(2)32-33(29(3,4)5,26-17-8-6-9-18-26)27-19-10-7-11-20-27/h6-11,17-20,24-25,28H,12-16,21-23H2,1-5H3/t24-,25?,28?/m0/s1. The van der Waals surface area contributed by atoms with E-state index in [-0.39, 0.29) is 17.4 Å². The molecule has 1 saturated heterocycles. The molecule has 182 valence electrons. The van der Waals surface area contributed by atoms with Crippen molar-refractivity contribution in [1.82, 2.24) is 0 Å². The molecule has 4 heteroatoms. The lowest BCUT2D eigenvalue weighted by Gasteiger charge is -2.44. The van der Waals surface area contributed by atoms with Crippen LogP contribution in [-0.2, 0) is 13.9 Å². The van der Waals surface area contributed by atoms with Crippen molar-refractivity contribution in [3.05, 3.63) is 60.7 Å². The first-order valence-corrected chi connectivity index (χ1v) is 14.8. The van der Waals surface area contributed by atoms with E-state index >= 15 is 0 Å². The average molecular weight is 469 g/mol. The van der Waals surface area contributed by atoms with E-state index in [0.29, 0.717) is 5.92 Å². The molecule has 1 aliphatic rings. The van der Waals surface area contributed by atoms with Crippen LogP contribution in [0, 0.1) is 5.92 Å². The van der Waals surface area contributed by atoms with Gasteiger partial charge in [0.1, 0.15) is 0 Å². The molecule has 1 fully saturated rings. The molecule has 2 aromatic rings. The molecule has 33 heavy (non-hydrogen) atoms. The summed E-state index contributed by atoms with van der Waals surface area (Å²) >= 11 is 0. The second-order valence-electron chi connectivity index (χ2n) is 10.8. The van der Waals surface area contributed by atoms with Crippen molar-refractivity contribution in [2.45, 2.75) is 90.6 Å². The number of hydrogen-bond acceptors (Lipinski definition) is 3. The lowest BCUT2D eigenvalue weighted by Crippen LogP contribution is -2.67. The first kappa shape index (κ1) is 26.1. The van der Waals surface area contributed by atoms with Gasteiger partial charge in [0.15, 0.2) is 6.29 Å². The first-order chi connectivity index (χ1) is 15.8. The third-order valence-electron chi connectivity index (χ3n) is 6.81. The van der Waals surface area contributed by atoms with E-state index in [1.165, 1.54) is 23.2 Å². The van der Waals surface area contributed by atoms with Crippen LogP contribution in [0.25, 0.3) is 0 Å². The van der Waals surface area contributed by atoms with Gasteiger partial charge in [-0.1, -0.05) is 94.8 Å². The minimum Gasteiger partial charge on any atom is -0.405 e. The molecule has 2 unspecified atom stereocenters. The Morgan fingerprint density at radius 2 is 1.52 bits per heavy atom. The van der Waals surface area contributed by atoms with Crippen LogP contribution >= 0.6 is 0 Å². The van der Waals surface area contributed by atoms with Gasteiger partial charge in [-0.2, -0.15) is 0 Å². The van der Waals surface area contributed by atoms with Crippen LogP contribution in [0.2, 0.25) is 5.04 Å². The monoisotopic (exact) mass is 468 g/mol. The molecule has 3 rings (SSSR count). The summed E-state index contributed by atoms with van der Waals surface area (Å²) in [5.41, 5.74) is 0. The highest BCUT2D eigenvalue weighted by Gasteiger charge is 2.50. The van der Waals surface area contributed by atoms with Gasteiger partial charge in [0.25, 0.3) is 8.32 Å². The number of hydrogen-bond donors (Lipinski definition) is 0. The fourth-order valence-electron chi connectivity index (χ4n) is 5.00. The van der Waals surface area contributed by atoms with E-state index in [9.17, 15) is 0 Å². The molecule has 0 aliphatic carbocycles. The smallest absolute Gasteiger partial charge is 0.261 e. The highest BCUT2D eigenvalue weighted by Crippen LogP contribution is 2.38. The van der Waals surface area contributed by atoms with Crippen molar-refractivity contribution < 1.29 is 13.9 Å². The summed E-state index contributed by atoms with van der Waals surface area (Å²) in [7, 11) is -2.47. The van der Waals surface area contributed by atoms with Crippen molar-refractivity contribution in [2.75, 3.05) is 13.2 Å². The maximum Gasteiger partial charge on any atom is 0.261 e. The summed E-state index contributed by atoms with van der Waals surface area (Å²) in [4.78, 5) is 0. The quantitative estimate of drug-likeness (QED) is 0.362. The second kappa shape index (κ2) is 12.3. The fraction of sp³-hybridized carbons (Fsp3) is 0.586. The lowest BCUT2D eigenvalue weighted by molar-refractivity contribution is -0.168. The van der Waals surface area contributed by atoms with E-state index < -0.39 is 8.32 Å². The predicted octanol–water partition coefficient (Wildman–Crippen LogP) is 6.30. The Kier molecular flexibility index (Phi) is 9.75. The SMILES string of the molecule is CC(CCC[C@H](C)COC1CCCCO1)O[Si](c1ccccc1)(c1ccccc1)C(C)(C)C. The van der Waals surface area contributed by atoms with Crippen molar-refractivity contribution in [1.29, 1.82) is 0 Å². The molecule has 3 atom stereocenters. The Bertz CT molecular complexity index is 757. The van der Waals surface area contributed by atoms with E-state index in [2.05, 4.69) is 95.3 Å². The number of rotatable bonds is 11. The van der Waals surface area contributed by atoms with Crippen molar-refractivity contribution in [3.63, 3.8) is 0 Å². The fourth-order valence-corrected chi connectivity index (χ4v) is 9.74. The zero-order chi connectivity index (χ0) is 23.7. The summed E-state index contributed by atoms with van der Waals surface area (Å²) in [6, 6.07) is 21.9. The average Bonchev–Trinajstić information content (AvgIpc) is 2.82. The summed E-state index contributed by atoms with van der Waals surface area (Å²) in [5, 5.41) is 2.72. The largest absolute Gasteiger partial charge is 0.405 e. The zero-order valence-electron chi connectivity index (χ0n) is 21.4. The molecule has 3 nitrogen and oxygen atoms in total. The highest BCUT2D eigenvalue weighted by atomic mass is 28.4. The Morgan fingerprint density at radius 1 is 0.909 bits per heavy atom. The molecule has 1 aliphatic heterocycles. The molecule has 0 spiro atoms. The molecule has 0 radical (unpaired) electrons. The van der Waals surface area contributed by atoms with E-state index in [4.69, 9.17) is 13.9 Å². The predicted molar refractivity (Wildman–Crippen MR) is 141 cm³/mol. The van der Waals surface area contributed by atoms with Gasteiger partial charge in [0, 0.05) is 12.7 Å². The van der Waals surface area contributed by atoms with Crippen LogP contribution in [0.3, 0.4) is 0 Å². The minimum atomic E-state index is -2.47. The van der Waals surface area contributed by atoms with Crippen LogP contribution in [-0.4, -0.2) is 33.9 Å². The summed E-state index contributed by atoms with van der Waals surface area (Å²) in [6.07, 6.45) is 7.00. The summed E-state index contributed by atoms with van der Waals surface area (Å²) in [6.45, 7) is 13.2. The molecule has 0 bridgehead atoms. The van der Waals surface area contributed by atoms with Crippen molar-refractivity contribution >= 4 is 18.7 Å². The maximum atomic E-state index is 7.20. The lowest BCUT2D eigenvalue weighted by atomic mass is 10.0. The number of ether oxygens (including phenoxy) is 2. The molecule has 2 aromatic carbocycles. The van der Waals surface area contributed by atoms with Gasteiger partial charge in [-0.05, 0) is 60.4 Å². The van der Waals surface area contributed by atoms with Crippen molar-refractivity contribution in [2.24, 2.45) is 5.92 Å². The Labute approximate surface area is 203 Å². The Balaban J connectivity index is 1.64. The van der Waals surface area contributed by atoms with E-state index in [0.717, 1.165) is 38.9 Å². The van der Waals surface area contributed by atoms with Gasteiger partial charge in [-0.15, -0.1) is 0 Å². The third-order valence-corrected chi connectivity index (χ3v) is 12.0. The molecule has 1 heterocycles. The van der Waals surface area contributed by atoms with E-state index in [1.54, 1.807) is 0 Å².